The van der Waals surface area contributed by atoms with E-state index in [9.17, 15) is 9.50 Å². The first-order valence-electron chi connectivity index (χ1n) is 5.69. The minimum Gasteiger partial charge on any atom is -0.388 e. The molecule has 0 amide bonds. The molecule has 0 saturated carbocycles. The van der Waals surface area contributed by atoms with Crippen LogP contribution >= 0.6 is 15.9 Å². The number of benzene rings is 1. The number of pyridine rings is 1. The molecule has 2 nitrogen and oxygen atoms in total. The van der Waals surface area contributed by atoms with Crippen LogP contribution in [0.15, 0.2) is 47.2 Å². The van der Waals surface area contributed by atoms with Crippen LogP contribution in [-0.2, 0) is 6.42 Å². The maximum Gasteiger partial charge on any atom is 0.143 e. The van der Waals surface area contributed by atoms with Crippen LogP contribution in [-0.4, -0.2) is 10.1 Å². The molecule has 0 aliphatic carbocycles. The van der Waals surface area contributed by atoms with Crippen LogP contribution < -0.4 is 0 Å². The van der Waals surface area contributed by atoms with Gasteiger partial charge in [-0.05, 0) is 52.5 Å². The minimum absolute atomic E-state index is 0.332. The van der Waals surface area contributed by atoms with Gasteiger partial charge < -0.3 is 5.11 Å². The van der Waals surface area contributed by atoms with E-state index in [2.05, 4.69) is 20.9 Å². The quantitative estimate of drug-likeness (QED) is 0.935. The van der Waals surface area contributed by atoms with Gasteiger partial charge in [-0.25, -0.2) is 4.39 Å². The van der Waals surface area contributed by atoms with E-state index in [-0.39, 0.29) is 5.82 Å². The SMILES string of the molecule is OC(CCc1ccncc1)c1cccc(Br)c1F. The smallest absolute Gasteiger partial charge is 0.143 e. The summed E-state index contributed by atoms with van der Waals surface area (Å²) in [6.07, 6.45) is 3.80. The molecule has 0 bridgehead atoms. The number of rotatable bonds is 4. The highest BCUT2D eigenvalue weighted by molar-refractivity contribution is 9.10. The fraction of sp³-hybridized carbons (Fsp3) is 0.214. The zero-order valence-electron chi connectivity index (χ0n) is 9.68. The minimum atomic E-state index is -0.796. The summed E-state index contributed by atoms with van der Waals surface area (Å²) in [5.74, 6) is -0.389. The van der Waals surface area contributed by atoms with Crippen LogP contribution in [0.5, 0.6) is 0 Å². The largest absolute Gasteiger partial charge is 0.388 e. The number of hydrogen-bond acceptors (Lipinski definition) is 2. The predicted octanol–water partition coefficient (Wildman–Crippen LogP) is 3.65. The molecular weight excluding hydrogens is 297 g/mol. The van der Waals surface area contributed by atoms with Gasteiger partial charge in [0, 0.05) is 18.0 Å². The van der Waals surface area contributed by atoms with Crippen LogP contribution in [0.1, 0.15) is 23.7 Å². The third-order valence-electron chi connectivity index (χ3n) is 2.80. The van der Waals surface area contributed by atoms with Crippen LogP contribution in [0.2, 0.25) is 0 Å². The van der Waals surface area contributed by atoms with Gasteiger partial charge in [-0.3, -0.25) is 4.98 Å². The van der Waals surface area contributed by atoms with Gasteiger partial charge in [0.25, 0.3) is 0 Å². The highest BCUT2D eigenvalue weighted by Crippen LogP contribution is 2.26. The molecule has 0 aliphatic heterocycles. The Labute approximate surface area is 114 Å². The molecule has 94 valence electrons. The molecule has 2 rings (SSSR count). The number of aryl methyl sites for hydroxylation is 1. The number of halogens is 2. The van der Waals surface area contributed by atoms with Crippen molar-refractivity contribution in [2.75, 3.05) is 0 Å². The second-order valence-electron chi connectivity index (χ2n) is 4.05. The molecule has 0 spiro atoms. The summed E-state index contributed by atoms with van der Waals surface area (Å²) >= 11 is 3.12. The Morgan fingerprint density at radius 2 is 1.94 bits per heavy atom. The van der Waals surface area contributed by atoms with Crippen LogP contribution in [0, 0.1) is 5.82 Å². The molecule has 0 fully saturated rings. The molecule has 0 saturated heterocycles. The van der Waals surface area contributed by atoms with E-state index in [0.29, 0.717) is 22.9 Å². The fourth-order valence-electron chi connectivity index (χ4n) is 1.79. The maximum absolute atomic E-state index is 13.8. The molecule has 1 atom stereocenters. The Morgan fingerprint density at radius 1 is 1.22 bits per heavy atom. The van der Waals surface area contributed by atoms with Crippen molar-refractivity contribution in [2.24, 2.45) is 0 Å². The lowest BCUT2D eigenvalue weighted by molar-refractivity contribution is 0.163. The summed E-state index contributed by atoms with van der Waals surface area (Å²) in [4.78, 5) is 3.93. The van der Waals surface area contributed by atoms with Crippen molar-refractivity contribution >= 4 is 15.9 Å². The Balaban J connectivity index is 2.04. The first-order chi connectivity index (χ1) is 8.68. The Morgan fingerprint density at radius 3 is 2.67 bits per heavy atom. The van der Waals surface area contributed by atoms with Crippen molar-refractivity contribution in [3.8, 4) is 0 Å². The van der Waals surface area contributed by atoms with Crippen molar-refractivity contribution < 1.29 is 9.50 Å². The lowest BCUT2D eigenvalue weighted by Crippen LogP contribution is -2.03. The molecule has 1 aromatic carbocycles. The van der Waals surface area contributed by atoms with E-state index in [1.165, 1.54) is 0 Å². The van der Waals surface area contributed by atoms with Crippen LogP contribution in [0.3, 0.4) is 0 Å². The van der Waals surface area contributed by atoms with Gasteiger partial charge in [0.1, 0.15) is 5.82 Å². The Hall–Kier alpha value is -1.26. The van der Waals surface area contributed by atoms with Gasteiger partial charge in [0.2, 0.25) is 0 Å². The maximum atomic E-state index is 13.8. The van der Waals surface area contributed by atoms with Crippen LogP contribution in [0.25, 0.3) is 0 Å². The Kier molecular flexibility index (Phi) is 4.44. The van der Waals surface area contributed by atoms with E-state index in [1.54, 1.807) is 30.6 Å². The van der Waals surface area contributed by atoms with E-state index in [4.69, 9.17) is 0 Å². The van der Waals surface area contributed by atoms with Crippen molar-refractivity contribution in [1.82, 2.24) is 4.98 Å². The van der Waals surface area contributed by atoms with Crippen molar-refractivity contribution in [3.05, 3.63) is 64.1 Å². The molecule has 1 heterocycles. The summed E-state index contributed by atoms with van der Waals surface area (Å²) in [6, 6.07) is 8.73. The predicted molar refractivity (Wildman–Crippen MR) is 71.6 cm³/mol. The average Bonchev–Trinajstić information content (AvgIpc) is 2.40. The summed E-state index contributed by atoms with van der Waals surface area (Å²) in [5.41, 5.74) is 1.41. The third kappa shape index (κ3) is 3.15. The van der Waals surface area contributed by atoms with Crippen molar-refractivity contribution in [3.63, 3.8) is 0 Å². The lowest BCUT2D eigenvalue weighted by Gasteiger charge is -2.12. The highest BCUT2D eigenvalue weighted by atomic mass is 79.9. The fourth-order valence-corrected chi connectivity index (χ4v) is 2.17. The summed E-state index contributed by atoms with van der Waals surface area (Å²) in [5, 5.41) is 10.0. The standard InChI is InChI=1S/C14H13BrFNO/c15-12-3-1-2-11(14(12)16)13(18)5-4-10-6-8-17-9-7-10/h1-3,6-9,13,18H,4-5H2. The lowest BCUT2D eigenvalue weighted by atomic mass is 10.0. The number of hydrogen-bond donors (Lipinski definition) is 1. The van der Waals surface area contributed by atoms with Gasteiger partial charge >= 0.3 is 0 Å². The van der Waals surface area contributed by atoms with Gasteiger partial charge in [-0.1, -0.05) is 12.1 Å². The molecule has 0 radical (unpaired) electrons. The normalized spacial score (nSPS) is 12.4. The summed E-state index contributed by atoms with van der Waals surface area (Å²) < 4.78 is 14.1. The topological polar surface area (TPSA) is 33.1 Å². The van der Waals surface area contributed by atoms with E-state index in [1.807, 2.05) is 12.1 Å². The first kappa shape index (κ1) is 13.2. The molecule has 0 aliphatic rings. The molecule has 18 heavy (non-hydrogen) atoms. The van der Waals surface area contributed by atoms with E-state index in [0.717, 1.165) is 5.56 Å². The van der Waals surface area contributed by atoms with Gasteiger partial charge in [0.05, 0.1) is 10.6 Å². The third-order valence-corrected chi connectivity index (χ3v) is 3.41. The van der Waals surface area contributed by atoms with E-state index >= 15 is 0 Å². The van der Waals surface area contributed by atoms with Crippen molar-refractivity contribution in [1.29, 1.82) is 0 Å². The van der Waals surface area contributed by atoms with Gasteiger partial charge in [-0.15, -0.1) is 0 Å². The summed E-state index contributed by atoms with van der Waals surface area (Å²) in [6.45, 7) is 0. The van der Waals surface area contributed by atoms with E-state index < -0.39 is 6.10 Å². The Bertz CT molecular complexity index is 518. The number of nitrogens with zero attached hydrogens (tertiary/aromatic N) is 1. The zero-order chi connectivity index (χ0) is 13.0. The molecular formula is C14H13BrFNO. The molecule has 2 aromatic rings. The molecule has 1 N–H and O–H groups in total. The number of aliphatic hydroxyl groups is 1. The van der Waals surface area contributed by atoms with Gasteiger partial charge in [-0.2, -0.15) is 0 Å². The second kappa shape index (κ2) is 6.07. The molecule has 1 aromatic heterocycles. The average molecular weight is 310 g/mol. The summed E-state index contributed by atoms with van der Waals surface area (Å²) in [7, 11) is 0. The monoisotopic (exact) mass is 309 g/mol. The highest BCUT2D eigenvalue weighted by Gasteiger charge is 2.14. The number of aliphatic hydroxyl groups excluding tert-OH is 1. The molecule has 1 unspecified atom stereocenters. The van der Waals surface area contributed by atoms with Gasteiger partial charge in [0.15, 0.2) is 0 Å². The molecule has 4 heteroatoms. The second-order valence-corrected chi connectivity index (χ2v) is 4.91. The zero-order valence-corrected chi connectivity index (χ0v) is 11.3. The van der Waals surface area contributed by atoms with Crippen molar-refractivity contribution in [2.45, 2.75) is 18.9 Å². The van der Waals surface area contributed by atoms with Crippen LogP contribution in [0.4, 0.5) is 4.39 Å². The number of aromatic nitrogens is 1. The first-order valence-corrected chi connectivity index (χ1v) is 6.48.